The van der Waals surface area contributed by atoms with E-state index in [1.54, 1.807) is 18.2 Å². The van der Waals surface area contributed by atoms with Gasteiger partial charge in [-0.2, -0.15) is 0 Å². The van der Waals surface area contributed by atoms with Crippen molar-refractivity contribution in [3.63, 3.8) is 0 Å². The SMILES string of the molecule is CCc1cccc(CC)c1NC(=O)[C@H](C)OC(=O)/C=C/c1ccc(Cl)cc1Cl. The van der Waals surface area contributed by atoms with Crippen molar-refractivity contribution in [3.05, 3.63) is 69.2 Å². The van der Waals surface area contributed by atoms with Gasteiger partial charge >= 0.3 is 5.97 Å². The van der Waals surface area contributed by atoms with Gasteiger partial charge in [0.25, 0.3) is 5.91 Å². The molecule has 0 radical (unpaired) electrons. The highest BCUT2D eigenvalue weighted by atomic mass is 35.5. The summed E-state index contributed by atoms with van der Waals surface area (Å²) < 4.78 is 5.21. The van der Waals surface area contributed by atoms with Crippen molar-refractivity contribution in [2.75, 3.05) is 5.32 Å². The number of aryl methyl sites for hydroxylation is 2. The minimum atomic E-state index is -0.938. The molecule has 1 amide bonds. The molecule has 28 heavy (non-hydrogen) atoms. The van der Waals surface area contributed by atoms with E-state index in [9.17, 15) is 9.59 Å². The van der Waals surface area contributed by atoms with Crippen LogP contribution in [0.1, 0.15) is 37.5 Å². The summed E-state index contributed by atoms with van der Waals surface area (Å²) in [7, 11) is 0. The summed E-state index contributed by atoms with van der Waals surface area (Å²) in [6.07, 6.45) is 3.40. The molecule has 0 spiro atoms. The van der Waals surface area contributed by atoms with Crippen LogP contribution in [0.15, 0.2) is 42.5 Å². The van der Waals surface area contributed by atoms with E-state index in [1.165, 1.54) is 19.1 Å². The normalized spacial score (nSPS) is 12.0. The van der Waals surface area contributed by atoms with Gasteiger partial charge in [0.1, 0.15) is 0 Å². The van der Waals surface area contributed by atoms with Gasteiger partial charge in [-0.25, -0.2) is 4.79 Å². The number of esters is 1. The van der Waals surface area contributed by atoms with Crippen molar-refractivity contribution in [2.45, 2.75) is 39.7 Å². The summed E-state index contributed by atoms with van der Waals surface area (Å²) in [5.41, 5.74) is 3.51. The second kappa shape index (κ2) is 10.3. The molecule has 4 nitrogen and oxygen atoms in total. The Morgan fingerprint density at radius 1 is 1.11 bits per heavy atom. The fourth-order valence-corrected chi connectivity index (χ4v) is 3.16. The summed E-state index contributed by atoms with van der Waals surface area (Å²) in [5, 5.41) is 3.83. The van der Waals surface area contributed by atoms with Gasteiger partial charge in [-0.1, -0.05) is 61.3 Å². The number of carbonyl (C=O) groups is 2. The number of hydrogen-bond donors (Lipinski definition) is 1. The van der Waals surface area contributed by atoms with E-state index >= 15 is 0 Å². The molecule has 0 aliphatic heterocycles. The zero-order chi connectivity index (χ0) is 20.7. The largest absolute Gasteiger partial charge is 0.449 e. The van der Waals surface area contributed by atoms with Crippen LogP contribution in [-0.4, -0.2) is 18.0 Å². The standard InChI is InChI=1S/C22H23Cl2NO3/c1-4-15-7-6-8-16(5-2)21(15)25-22(27)14(3)28-20(26)12-10-17-9-11-18(23)13-19(17)24/h6-14H,4-5H2,1-3H3,(H,25,27)/b12-10+/t14-/m0/s1. The topological polar surface area (TPSA) is 55.4 Å². The molecule has 0 aliphatic carbocycles. The lowest BCUT2D eigenvalue weighted by Crippen LogP contribution is -2.30. The first-order chi connectivity index (χ1) is 13.3. The molecule has 0 bridgehead atoms. The molecule has 1 atom stereocenters. The number of halogens is 2. The lowest BCUT2D eigenvalue weighted by molar-refractivity contribution is -0.148. The highest BCUT2D eigenvalue weighted by Crippen LogP contribution is 2.23. The molecule has 0 aromatic heterocycles. The van der Waals surface area contributed by atoms with E-state index in [4.69, 9.17) is 27.9 Å². The van der Waals surface area contributed by atoms with Gasteiger partial charge in [-0.15, -0.1) is 0 Å². The third-order valence-corrected chi connectivity index (χ3v) is 4.83. The van der Waals surface area contributed by atoms with Crippen molar-refractivity contribution in [3.8, 4) is 0 Å². The van der Waals surface area contributed by atoms with Gasteiger partial charge in [0.2, 0.25) is 0 Å². The number of hydrogen-bond acceptors (Lipinski definition) is 3. The maximum Gasteiger partial charge on any atom is 0.331 e. The Balaban J connectivity index is 2.02. The number of benzene rings is 2. The summed E-state index contributed by atoms with van der Waals surface area (Å²) in [4.78, 5) is 24.6. The zero-order valence-corrected chi connectivity index (χ0v) is 17.6. The Hall–Kier alpha value is -2.30. The quantitative estimate of drug-likeness (QED) is 0.462. The molecule has 1 N–H and O–H groups in total. The van der Waals surface area contributed by atoms with Crippen LogP contribution >= 0.6 is 23.2 Å². The summed E-state index contributed by atoms with van der Waals surface area (Å²) >= 11 is 11.9. The van der Waals surface area contributed by atoms with Crippen molar-refractivity contribution in [1.82, 2.24) is 0 Å². The molecular formula is C22H23Cl2NO3. The van der Waals surface area contributed by atoms with Gasteiger partial charge in [0.15, 0.2) is 6.10 Å². The van der Waals surface area contributed by atoms with Gasteiger partial charge in [-0.3, -0.25) is 4.79 Å². The van der Waals surface area contributed by atoms with Crippen LogP contribution in [0.3, 0.4) is 0 Å². The number of amides is 1. The van der Waals surface area contributed by atoms with Gasteiger partial charge in [0, 0.05) is 21.8 Å². The number of para-hydroxylation sites is 1. The van der Waals surface area contributed by atoms with Gasteiger partial charge in [-0.05, 0) is 54.7 Å². The van der Waals surface area contributed by atoms with Crippen LogP contribution < -0.4 is 5.32 Å². The predicted molar refractivity (Wildman–Crippen MR) is 115 cm³/mol. The molecule has 148 valence electrons. The van der Waals surface area contributed by atoms with Gasteiger partial charge < -0.3 is 10.1 Å². The average molecular weight is 420 g/mol. The monoisotopic (exact) mass is 419 g/mol. The van der Waals surface area contributed by atoms with Crippen molar-refractivity contribution >= 4 is 46.8 Å². The van der Waals surface area contributed by atoms with Crippen molar-refractivity contribution in [2.24, 2.45) is 0 Å². The van der Waals surface area contributed by atoms with Crippen molar-refractivity contribution in [1.29, 1.82) is 0 Å². The van der Waals surface area contributed by atoms with Crippen molar-refractivity contribution < 1.29 is 14.3 Å². The number of rotatable bonds is 7. The first-order valence-electron chi connectivity index (χ1n) is 9.11. The smallest absolute Gasteiger partial charge is 0.331 e. The fraction of sp³-hybridized carbons (Fsp3) is 0.273. The van der Waals surface area contributed by atoms with Crippen LogP contribution in [0.5, 0.6) is 0 Å². The molecule has 0 saturated carbocycles. The number of nitrogens with one attached hydrogen (secondary N) is 1. The van der Waals surface area contributed by atoms with Crippen LogP contribution in [0.2, 0.25) is 10.0 Å². The summed E-state index contributed by atoms with van der Waals surface area (Å²) in [5.74, 6) is -1.00. The first kappa shape index (κ1) is 22.0. The van der Waals surface area contributed by atoms with E-state index < -0.39 is 12.1 Å². The zero-order valence-electron chi connectivity index (χ0n) is 16.1. The molecule has 2 aromatic rings. The van der Waals surface area contributed by atoms with Crippen LogP contribution in [0.4, 0.5) is 5.69 Å². The third-order valence-electron chi connectivity index (χ3n) is 4.27. The number of carbonyl (C=O) groups excluding carboxylic acids is 2. The Morgan fingerprint density at radius 2 is 1.75 bits per heavy atom. The molecule has 0 saturated heterocycles. The van der Waals surface area contributed by atoms with Crippen LogP contribution in [0.25, 0.3) is 6.08 Å². The molecular weight excluding hydrogens is 397 g/mol. The molecule has 0 aliphatic rings. The highest BCUT2D eigenvalue weighted by Gasteiger charge is 2.19. The average Bonchev–Trinajstić information content (AvgIpc) is 2.67. The molecule has 0 fully saturated rings. The maximum absolute atomic E-state index is 12.5. The Kier molecular flexibility index (Phi) is 8.09. The molecule has 2 rings (SSSR count). The second-order valence-electron chi connectivity index (χ2n) is 6.23. The van der Waals surface area contributed by atoms with E-state index in [-0.39, 0.29) is 5.91 Å². The minimum absolute atomic E-state index is 0.373. The first-order valence-corrected chi connectivity index (χ1v) is 9.86. The number of ether oxygens (including phenoxy) is 1. The molecule has 0 heterocycles. The summed E-state index contributed by atoms with van der Waals surface area (Å²) in [6.45, 7) is 5.59. The van der Waals surface area contributed by atoms with E-state index in [2.05, 4.69) is 5.32 Å². The van der Waals surface area contributed by atoms with E-state index in [1.807, 2.05) is 32.0 Å². The lowest BCUT2D eigenvalue weighted by Gasteiger charge is -2.17. The Bertz CT molecular complexity index is 871. The molecule has 2 aromatic carbocycles. The Morgan fingerprint density at radius 3 is 2.32 bits per heavy atom. The fourth-order valence-electron chi connectivity index (χ4n) is 2.69. The highest BCUT2D eigenvalue weighted by molar-refractivity contribution is 6.35. The second-order valence-corrected chi connectivity index (χ2v) is 7.07. The van der Waals surface area contributed by atoms with Crippen LogP contribution in [0, 0.1) is 0 Å². The third kappa shape index (κ3) is 5.85. The van der Waals surface area contributed by atoms with Gasteiger partial charge in [0.05, 0.1) is 0 Å². The van der Waals surface area contributed by atoms with E-state index in [0.29, 0.717) is 15.6 Å². The minimum Gasteiger partial charge on any atom is -0.449 e. The molecule has 0 unspecified atom stereocenters. The Labute approximate surface area is 175 Å². The number of anilines is 1. The lowest BCUT2D eigenvalue weighted by atomic mass is 10.0. The summed E-state index contributed by atoms with van der Waals surface area (Å²) in [6, 6.07) is 10.9. The van der Waals surface area contributed by atoms with E-state index in [0.717, 1.165) is 29.7 Å². The predicted octanol–water partition coefficient (Wildman–Crippen LogP) is 5.70. The maximum atomic E-state index is 12.5. The molecule has 6 heteroatoms. The van der Waals surface area contributed by atoms with Crippen LogP contribution in [-0.2, 0) is 27.2 Å².